The van der Waals surface area contributed by atoms with E-state index >= 15 is 0 Å². The maximum Gasteiger partial charge on any atom is 0.223 e. The van der Waals surface area contributed by atoms with Crippen molar-refractivity contribution in [2.24, 2.45) is 5.92 Å². The molecule has 1 aromatic carbocycles. The van der Waals surface area contributed by atoms with E-state index in [1.165, 1.54) is 0 Å². The van der Waals surface area contributed by atoms with Gasteiger partial charge in [0, 0.05) is 25.4 Å². The van der Waals surface area contributed by atoms with Gasteiger partial charge >= 0.3 is 0 Å². The van der Waals surface area contributed by atoms with Crippen LogP contribution >= 0.6 is 0 Å². The molecule has 4 heteroatoms. The highest BCUT2D eigenvalue weighted by Gasteiger charge is 2.27. The number of rotatable bonds is 5. The number of hydrogen-bond acceptors (Lipinski definition) is 3. The number of nitrogens with zero attached hydrogens (tertiary/aromatic N) is 1. The molecule has 0 aliphatic carbocycles. The first-order chi connectivity index (χ1) is 10.5. The first kappa shape index (κ1) is 16.8. The number of carbonyl (C=O) groups is 1. The summed E-state index contributed by atoms with van der Waals surface area (Å²) in [6.45, 7) is 5.40. The Balaban J connectivity index is 1.92. The summed E-state index contributed by atoms with van der Waals surface area (Å²) < 4.78 is 5.16. The van der Waals surface area contributed by atoms with Crippen LogP contribution in [0.1, 0.15) is 44.6 Å². The van der Waals surface area contributed by atoms with Crippen LogP contribution in [0.15, 0.2) is 24.3 Å². The molecule has 1 fully saturated rings. The molecule has 2 rings (SSSR count). The van der Waals surface area contributed by atoms with E-state index in [1.54, 1.807) is 7.11 Å². The maximum atomic E-state index is 12.5. The van der Waals surface area contributed by atoms with Crippen LogP contribution in [0.4, 0.5) is 0 Å². The lowest BCUT2D eigenvalue weighted by Gasteiger charge is -2.34. The van der Waals surface area contributed by atoms with E-state index in [9.17, 15) is 9.90 Å². The topological polar surface area (TPSA) is 49.8 Å². The van der Waals surface area contributed by atoms with Crippen molar-refractivity contribution in [3.05, 3.63) is 29.8 Å². The predicted octanol–water partition coefficient (Wildman–Crippen LogP) is 2.81. The van der Waals surface area contributed by atoms with E-state index in [0.29, 0.717) is 13.0 Å². The number of aliphatic hydroxyl groups is 1. The van der Waals surface area contributed by atoms with E-state index < -0.39 is 0 Å². The van der Waals surface area contributed by atoms with Crippen molar-refractivity contribution >= 4 is 5.91 Å². The van der Waals surface area contributed by atoms with Gasteiger partial charge in [0.15, 0.2) is 0 Å². The van der Waals surface area contributed by atoms with Gasteiger partial charge in [-0.15, -0.1) is 0 Å². The quantitative estimate of drug-likeness (QED) is 0.910. The minimum absolute atomic E-state index is 0.185. The number of methoxy groups -OCH3 is 1. The molecule has 0 aromatic heterocycles. The normalized spacial score (nSPS) is 21.3. The summed E-state index contributed by atoms with van der Waals surface area (Å²) in [5.74, 6) is 1.42. The van der Waals surface area contributed by atoms with E-state index in [4.69, 9.17) is 4.74 Å². The van der Waals surface area contributed by atoms with Crippen LogP contribution in [0.2, 0.25) is 0 Å². The Morgan fingerprint density at radius 3 is 2.64 bits per heavy atom. The molecule has 22 heavy (non-hydrogen) atoms. The Kier molecular flexibility index (Phi) is 5.83. The molecule has 3 atom stereocenters. The van der Waals surface area contributed by atoms with E-state index in [-0.39, 0.29) is 23.8 Å². The number of carbonyl (C=O) groups excluding carboxylic acids is 1. The summed E-state index contributed by atoms with van der Waals surface area (Å²) in [7, 11) is 1.65. The van der Waals surface area contributed by atoms with Gasteiger partial charge in [-0.3, -0.25) is 4.79 Å². The summed E-state index contributed by atoms with van der Waals surface area (Å²) in [5, 5.41) is 9.74. The van der Waals surface area contributed by atoms with E-state index in [2.05, 4.69) is 6.92 Å². The van der Waals surface area contributed by atoms with Gasteiger partial charge in [-0.2, -0.15) is 0 Å². The second-order valence-corrected chi connectivity index (χ2v) is 6.36. The lowest BCUT2D eigenvalue weighted by Crippen LogP contribution is -2.43. The molecule has 1 N–H and O–H groups in total. The van der Waals surface area contributed by atoms with E-state index in [1.807, 2.05) is 36.1 Å². The Morgan fingerprint density at radius 2 is 2.05 bits per heavy atom. The highest BCUT2D eigenvalue weighted by Crippen LogP contribution is 2.25. The van der Waals surface area contributed by atoms with Crippen molar-refractivity contribution in [1.29, 1.82) is 0 Å². The van der Waals surface area contributed by atoms with Crippen molar-refractivity contribution in [3.8, 4) is 5.75 Å². The molecule has 1 aliphatic heterocycles. The number of benzene rings is 1. The lowest BCUT2D eigenvalue weighted by atomic mass is 9.92. The molecule has 1 saturated heterocycles. The summed E-state index contributed by atoms with van der Waals surface area (Å²) in [6, 6.07) is 7.90. The molecule has 0 bridgehead atoms. The molecule has 1 amide bonds. The molecule has 1 heterocycles. The minimum atomic E-state index is -0.338. The zero-order chi connectivity index (χ0) is 16.1. The molecule has 122 valence electrons. The van der Waals surface area contributed by atoms with Crippen LogP contribution in [0.3, 0.4) is 0 Å². The van der Waals surface area contributed by atoms with Crippen molar-refractivity contribution in [1.82, 2.24) is 4.90 Å². The minimum Gasteiger partial charge on any atom is -0.497 e. The zero-order valence-corrected chi connectivity index (χ0v) is 13.8. The molecule has 0 saturated carbocycles. The number of likely N-dealkylation sites (tertiary alicyclic amines) is 1. The van der Waals surface area contributed by atoms with Crippen LogP contribution in [-0.2, 0) is 4.79 Å². The maximum absolute atomic E-state index is 12.5. The van der Waals surface area contributed by atoms with Crippen molar-refractivity contribution < 1.29 is 14.6 Å². The van der Waals surface area contributed by atoms with Crippen LogP contribution in [0.5, 0.6) is 5.75 Å². The van der Waals surface area contributed by atoms with Gasteiger partial charge in [0.25, 0.3) is 0 Å². The number of piperidine rings is 1. The summed E-state index contributed by atoms with van der Waals surface area (Å²) in [6.07, 6.45) is 2.17. The average Bonchev–Trinajstić information content (AvgIpc) is 2.54. The number of ether oxygens (including phenoxy) is 1. The number of amides is 1. The van der Waals surface area contributed by atoms with Crippen LogP contribution in [0, 0.1) is 5.92 Å². The van der Waals surface area contributed by atoms with Crippen LogP contribution in [0.25, 0.3) is 0 Å². The Hall–Kier alpha value is -1.55. The molecule has 0 spiro atoms. The first-order valence-electron chi connectivity index (χ1n) is 8.11. The van der Waals surface area contributed by atoms with Crippen molar-refractivity contribution in [2.45, 2.75) is 45.1 Å². The Bertz CT molecular complexity index is 484. The second kappa shape index (κ2) is 7.63. The lowest BCUT2D eigenvalue weighted by molar-refractivity contribution is -0.134. The van der Waals surface area contributed by atoms with Crippen molar-refractivity contribution in [2.75, 3.05) is 20.2 Å². The van der Waals surface area contributed by atoms with Gasteiger partial charge in [-0.05, 0) is 43.4 Å². The summed E-state index contributed by atoms with van der Waals surface area (Å²) in [5.41, 5.74) is 1.15. The third-order valence-corrected chi connectivity index (χ3v) is 4.66. The molecule has 0 radical (unpaired) electrons. The Morgan fingerprint density at radius 1 is 1.36 bits per heavy atom. The molecule has 1 aliphatic rings. The summed E-state index contributed by atoms with van der Waals surface area (Å²) >= 11 is 0. The average molecular weight is 305 g/mol. The van der Waals surface area contributed by atoms with E-state index in [0.717, 1.165) is 30.7 Å². The van der Waals surface area contributed by atoms with Gasteiger partial charge < -0.3 is 14.7 Å². The molecular formula is C18H27NO3. The largest absolute Gasteiger partial charge is 0.497 e. The Labute approximate surface area is 133 Å². The summed E-state index contributed by atoms with van der Waals surface area (Å²) in [4.78, 5) is 14.4. The SMILES string of the molecule is COc1ccc(C(C)CC(=O)N2CCCC(C(C)O)C2)cc1. The van der Waals surface area contributed by atoms with Crippen LogP contribution < -0.4 is 4.74 Å². The number of hydrogen-bond donors (Lipinski definition) is 1. The van der Waals surface area contributed by atoms with Gasteiger partial charge in [0.2, 0.25) is 5.91 Å². The third kappa shape index (κ3) is 4.23. The van der Waals surface area contributed by atoms with Crippen LogP contribution in [-0.4, -0.2) is 42.2 Å². The standard InChI is InChI=1S/C18H27NO3/c1-13(15-6-8-17(22-3)9-7-15)11-18(21)19-10-4-5-16(12-19)14(2)20/h6-9,13-14,16,20H,4-5,10-12H2,1-3H3. The van der Waals surface area contributed by atoms with Crippen molar-refractivity contribution in [3.63, 3.8) is 0 Å². The fourth-order valence-electron chi connectivity index (χ4n) is 3.07. The molecular weight excluding hydrogens is 278 g/mol. The molecule has 4 nitrogen and oxygen atoms in total. The molecule has 1 aromatic rings. The smallest absolute Gasteiger partial charge is 0.223 e. The highest BCUT2D eigenvalue weighted by atomic mass is 16.5. The number of aliphatic hydroxyl groups excluding tert-OH is 1. The monoisotopic (exact) mass is 305 g/mol. The van der Waals surface area contributed by atoms with Gasteiger partial charge in [0.05, 0.1) is 13.2 Å². The van der Waals surface area contributed by atoms with Gasteiger partial charge in [-0.25, -0.2) is 0 Å². The zero-order valence-electron chi connectivity index (χ0n) is 13.8. The first-order valence-corrected chi connectivity index (χ1v) is 8.11. The third-order valence-electron chi connectivity index (χ3n) is 4.66. The fraction of sp³-hybridized carbons (Fsp3) is 0.611. The van der Waals surface area contributed by atoms with Gasteiger partial charge in [0.1, 0.15) is 5.75 Å². The molecule has 3 unspecified atom stereocenters. The predicted molar refractivity (Wildman–Crippen MR) is 87.0 cm³/mol. The second-order valence-electron chi connectivity index (χ2n) is 6.36. The fourth-order valence-corrected chi connectivity index (χ4v) is 3.07. The highest BCUT2D eigenvalue weighted by molar-refractivity contribution is 5.77. The van der Waals surface area contributed by atoms with Gasteiger partial charge in [-0.1, -0.05) is 19.1 Å².